The molecule has 3 heterocycles. The molecule has 19 heavy (non-hydrogen) atoms. The fraction of sp³-hybridized carbons (Fsp3) is 0.857. The lowest BCUT2D eigenvalue weighted by Crippen LogP contribution is -2.36. The minimum absolute atomic E-state index is 0.614. The molecule has 0 spiro atoms. The van der Waals surface area contributed by atoms with Crippen molar-refractivity contribution in [1.29, 1.82) is 0 Å². The van der Waals surface area contributed by atoms with Crippen LogP contribution in [0.1, 0.15) is 44.3 Å². The van der Waals surface area contributed by atoms with Gasteiger partial charge in [0, 0.05) is 25.6 Å². The predicted octanol–water partition coefficient (Wildman–Crippen LogP) is 1.22. The summed E-state index contributed by atoms with van der Waals surface area (Å²) in [5, 5.41) is 12.2. The Kier molecular flexibility index (Phi) is 3.84. The maximum atomic E-state index is 4.46. The number of nitrogens with one attached hydrogen (secondary N) is 1. The Morgan fingerprint density at radius 3 is 2.74 bits per heavy atom. The minimum Gasteiger partial charge on any atom is -0.312 e. The van der Waals surface area contributed by atoms with Gasteiger partial charge in [0.25, 0.3) is 0 Å². The van der Waals surface area contributed by atoms with E-state index >= 15 is 0 Å². The van der Waals surface area contributed by atoms with Crippen molar-refractivity contribution in [2.75, 3.05) is 26.2 Å². The highest BCUT2D eigenvalue weighted by molar-refractivity contribution is 5.05. The second-order valence-electron chi connectivity index (χ2n) is 6.27. The van der Waals surface area contributed by atoms with Gasteiger partial charge < -0.3 is 14.8 Å². The third-order valence-electron chi connectivity index (χ3n) is 4.23. The van der Waals surface area contributed by atoms with Crippen LogP contribution in [0, 0.1) is 5.92 Å². The lowest BCUT2D eigenvalue weighted by atomic mass is 9.95. The van der Waals surface area contributed by atoms with Crippen molar-refractivity contribution in [2.24, 2.45) is 5.92 Å². The molecule has 1 aromatic rings. The van der Waals surface area contributed by atoms with E-state index < -0.39 is 0 Å². The molecule has 1 saturated heterocycles. The summed E-state index contributed by atoms with van der Waals surface area (Å²) in [6, 6.07) is 0. The van der Waals surface area contributed by atoms with Crippen LogP contribution in [0.3, 0.4) is 0 Å². The van der Waals surface area contributed by atoms with E-state index in [1.807, 2.05) is 0 Å². The second kappa shape index (κ2) is 5.59. The summed E-state index contributed by atoms with van der Waals surface area (Å²) in [7, 11) is 0. The van der Waals surface area contributed by atoms with Crippen molar-refractivity contribution < 1.29 is 0 Å². The lowest BCUT2D eigenvalue weighted by Gasteiger charge is -2.33. The smallest absolute Gasteiger partial charge is 0.147 e. The quantitative estimate of drug-likeness (QED) is 0.890. The molecule has 1 N–H and O–H groups in total. The van der Waals surface area contributed by atoms with E-state index in [1.54, 1.807) is 0 Å². The Hall–Kier alpha value is -0.940. The molecule has 0 aromatic carbocycles. The number of aromatic nitrogens is 3. The lowest BCUT2D eigenvalue weighted by molar-refractivity contribution is 0.187. The highest BCUT2D eigenvalue weighted by atomic mass is 15.3. The summed E-state index contributed by atoms with van der Waals surface area (Å²) >= 11 is 0. The average Bonchev–Trinajstić information content (AvgIpc) is 2.83. The first kappa shape index (κ1) is 13.1. The van der Waals surface area contributed by atoms with Gasteiger partial charge in [-0.05, 0) is 31.8 Å². The second-order valence-corrected chi connectivity index (χ2v) is 6.27. The van der Waals surface area contributed by atoms with Crippen LogP contribution in [0.15, 0.2) is 0 Å². The van der Waals surface area contributed by atoms with Crippen molar-refractivity contribution in [2.45, 2.75) is 45.7 Å². The van der Waals surface area contributed by atoms with Gasteiger partial charge in [-0.2, -0.15) is 0 Å². The first-order chi connectivity index (χ1) is 9.24. The molecule has 3 rings (SSSR count). The number of rotatable bonds is 3. The molecule has 0 amide bonds. The van der Waals surface area contributed by atoms with E-state index in [9.17, 15) is 0 Å². The molecule has 0 saturated carbocycles. The topological polar surface area (TPSA) is 46.0 Å². The van der Waals surface area contributed by atoms with Crippen LogP contribution in [-0.4, -0.2) is 45.8 Å². The number of hydrogen-bond acceptors (Lipinski definition) is 4. The zero-order valence-corrected chi connectivity index (χ0v) is 12.1. The number of fused-ring (bicyclic) bond motifs is 1. The predicted molar refractivity (Wildman–Crippen MR) is 75.0 cm³/mol. The summed E-state index contributed by atoms with van der Waals surface area (Å²) in [6.07, 6.45) is 2.47. The van der Waals surface area contributed by atoms with Crippen molar-refractivity contribution in [3.63, 3.8) is 0 Å². The zero-order chi connectivity index (χ0) is 13.2. The van der Waals surface area contributed by atoms with Crippen LogP contribution in [0.25, 0.3) is 0 Å². The summed E-state index contributed by atoms with van der Waals surface area (Å²) in [5.74, 6) is 3.73. The van der Waals surface area contributed by atoms with Crippen LogP contribution >= 0.6 is 0 Å². The molecule has 0 unspecified atom stereocenters. The summed E-state index contributed by atoms with van der Waals surface area (Å²) in [5.41, 5.74) is 0. The molecule has 1 aromatic heterocycles. The van der Waals surface area contributed by atoms with Gasteiger partial charge in [-0.3, -0.25) is 0 Å². The molecule has 2 aliphatic heterocycles. The van der Waals surface area contributed by atoms with Gasteiger partial charge in [0.05, 0.1) is 6.54 Å². The van der Waals surface area contributed by atoms with E-state index in [0.717, 1.165) is 31.4 Å². The normalized spacial score (nSPS) is 21.8. The van der Waals surface area contributed by atoms with E-state index in [1.165, 1.54) is 38.3 Å². The van der Waals surface area contributed by atoms with Gasteiger partial charge in [0.1, 0.15) is 11.6 Å². The van der Waals surface area contributed by atoms with E-state index in [0.29, 0.717) is 5.92 Å². The highest BCUT2D eigenvalue weighted by Crippen LogP contribution is 2.28. The van der Waals surface area contributed by atoms with Gasteiger partial charge in [0.2, 0.25) is 0 Å². The number of nitrogens with zero attached hydrogens (tertiary/aromatic N) is 4. The maximum absolute atomic E-state index is 4.46. The minimum atomic E-state index is 0.614. The van der Waals surface area contributed by atoms with Crippen LogP contribution in [0.5, 0.6) is 0 Å². The van der Waals surface area contributed by atoms with Gasteiger partial charge in [0.15, 0.2) is 0 Å². The molecule has 106 valence electrons. The van der Waals surface area contributed by atoms with Gasteiger partial charge in [-0.1, -0.05) is 13.8 Å². The summed E-state index contributed by atoms with van der Waals surface area (Å²) in [6.45, 7) is 11.2. The molecule has 0 atom stereocenters. The first-order valence-electron chi connectivity index (χ1n) is 7.59. The first-order valence-corrected chi connectivity index (χ1v) is 7.59. The van der Waals surface area contributed by atoms with Crippen molar-refractivity contribution in [1.82, 2.24) is 25.0 Å². The Morgan fingerprint density at radius 1 is 1.21 bits per heavy atom. The van der Waals surface area contributed by atoms with Gasteiger partial charge >= 0.3 is 0 Å². The molecule has 0 bridgehead atoms. The fourth-order valence-electron chi connectivity index (χ4n) is 3.31. The highest BCUT2D eigenvalue weighted by Gasteiger charge is 2.26. The van der Waals surface area contributed by atoms with Crippen molar-refractivity contribution >= 4 is 0 Å². The van der Waals surface area contributed by atoms with Crippen molar-refractivity contribution in [3.05, 3.63) is 11.6 Å². The SMILES string of the molecule is CC(C)CN1CCC(c2nnc3n2CCNC3)CC1. The molecule has 5 heteroatoms. The van der Waals surface area contributed by atoms with E-state index in [-0.39, 0.29) is 0 Å². The summed E-state index contributed by atoms with van der Waals surface area (Å²) < 4.78 is 2.35. The fourth-order valence-corrected chi connectivity index (χ4v) is 3.31. The molecule has 0 aliphatic carbocycles. The van der Waals surface area contributed by atoms with E-state index in [4.69, 9.17) is 0 Å². The Balaban J connectivity index is 1.64. The third-order valence-corrected chi connectivity index (χ3v) is 4.23. The van der Waals surface area contributed by atoms with Gasteiger partial charge in [-0.15, -0.1) is 10.2 Å². The Labute approximate surface area is 115 Å². The van der Waals surface area contributed by atoms with Crippen LogP contribution in [-0.2, 0) is 13.1 Å². The van der Waals surface area contributed by atoms with Gasteiger partial charge in [-0.25, -0.2) is 0 Å². The molecule has 5 nitrogen and oxygen atoms in total. The Morgan fingerprint density at radius 2 is 2.00 bits per heavy atom. The van der Waals surface area contributed by atoms with E-state index in [2.05, 4.69) is 38.8 Å². The number of hydrogen-bond donors (Lipinski definition) is 1. The molecular formula is C14H25N5. The van der Waals surface area contributed by atoms with Crippen molar-refractivity contribution in [3.8, 4) is 0 Å². The maximum Gasteiger partial charge on any atom is 0.147 e. The molecular weight excluding hydrogens is 238 g/mol. The zero-order valence-electron chi connectivity index (χ0n) is 12.1. The van der Waals surface area contributed by atoms with Crippen LogP contribution in [0.4, 0.5) is 0 Å². The number of piperidine rings is 1. The molecule has 0 radical (unpaired) electrons. The van der Waals surface area contributed by atoms with Crippen LogP contribution < -0.4 is 5.32 Å². The molecule has 2 aliphatic rings. The summed E-state index contributed by atoms with van der Waals surface area (Å²) in [4.78, 5) is 2.59. The van der Waals surface area contributed by atoms with Crippen LogP contribution in [0.2, 0.25) is 0 Å². The molecule has 1 fully saturated rings. The number of likely N-dealkylation sites (tertiary alicyclic amines) is 1. The Bertz CT molecular complexity index is 417. The standard InChI is InChI=1S/C14H25N5/c1-11(2)10-18-6-3-12(4-7-18)14-17-16-13-9-15-5-8-19(13)14/h11-12,15H,3-10H2,1-2H3. The monoisotopic (exact) mass is 263 g/mol. The third kappa shape index (κ3) is 2.82. The largest absolute Gasteiger partial charge is 0.312 e. The average molecular weight is 263 g/mol.